The molecule has 2 fully saturated rings. The Morgan fingerprint density at radius 2 is 0.955 bits per heavy atom. The second-order valence-electron chi connectivity index (χ2n) is 15.8. The first-order valence-electron chi connectivity index (χ1n) is 21.2. The van der Waals surface area contributed by atoms with E-state index in [1.165, 1.54) is 50.9 Å². The van der Waals surface area contributed by atoms with E-state index in [4.69, 9.17) is 38.6 Å². The lowest BCUT2D eigenvalue weighted by Crippen LogP contribution is -2.57. The van der Waals surface area contributed by atoms with Gasteiger partial charge in [-0.15, -0.1) is 0 Å². The van der Waals surface area contributed by atoms with Gasteiger partial charge in [0.05, 0.1) is 40.5 Å². The van der Waals surface area contributed by atoms with Crippen LogP contribution in [0.5, 0.6) is 23.0 Å². The average Bonchev–Trinajstić information content (AvgIpc) is 3.32. The van der Waals surface area contributed by atoms with Crippen molar-refractivity contribution in [2.45, 2.75) is 77.5 Å². The minimum Gasteiger partial charge on any atom is -0.508 e. The topological polar surface area (TPSA) is 215 Å². The van der Waals surface area contributed by atoms with Crippen molar-refractivity contribution in [3.8, 4) is 23.0 Å². The Morgan fingerprint density at radius 3 is 1.30 bits per heavy atom. The van der Waals surface area contributed by atoms with Gasteiger partial charge in [0.1, 0.15) is 35.8 Å². The Hall–Kier alpha value is -7.44. The van der Waals surface area contributed by atoms with Crippen LogP contribution < -0.4 is 20.3 Å². The monoisotopic (exact) mass is 906 g/mol. The van der Waals surface area contributed by atoms with Crippen molar-refractivity contribution in [2.24, 2.45) is 0 Å². The molecular formula is C48H50N4O14. The summed E-state index contributed by atoms with van der Waals surface area (Å²) < 4.78 is 35.7. The van der Waals surface area contributed by atoms with Crippen molar-refractivity contribution in [3.05, 3.63) is 151 Å². The summed E-state index contributed by atoms with van der Waals surface area (Å²) in [6, 6.07) is 24.2. The van der Waals surface area contributed by atoms with Gasteiger partial charge >= 0.3 is 11.9 Å². The maximum absolute atomic E-state index is 13.3. The summed E-state index contributed by atoms with van der Waals surface area (Å²) in [6.07, 6.45) is 3.25. The van der Waals surface area contributed by atoms with E-state index in [0.717, 1.165) is 11.1 Å². The van der Waals surface area contributed by atoms with Gasteiger partial charge in [-0.05, 0) is 62.1 Å². The molecule has 9 rings (SSSR count). The number of carbonyl (C=O) groups excluding carboxylic acids is 4. The Kier molecular flexibility index (Phi) is 14.5. The number of pyridine rings is 2. The number of aromatic hydroxyl groups is 2. The molecule has 4 aliphatic heterocycles. The van der Waals surface area contributed by atoms with E-state index in [-0.39, 0.29) is 82.6 Å². The zero-order valence-electron chi connectivity index (χ0n) is 36.8. The minimum absolute atomic E-state index is 0.0210. The van der Waals surface area contributed by atoms with Crippen LogP contribution in [-0.2, 0) is 45.3 Å². The summed E-state index contributed by atoms with van der Waals surface area (Å²) in [7, 11) is 2.41. The molecule has 0 spiro atoms. The average molecular weight is 907 g/mol. The van der Waals surface area contributed by atoms with Gasteiger partial charge < -0.3 is 57.6 Å². The number of methoxy groups -OCH3 is 2. The lowest BCUT2D eigenvalue weighted by molar-refractivity contribution is -0.112. The normalized spacial score (nSPS) is 19.2. The summed E-state index contributed by atoms with van der Waals surface area (Å²) >= 11 is 0. The van der Waals surface area contributed by atoms with Crippen molar-refractivity contribution in [1.82, 2.24) is 18.9 Å². The highest BCUT2D eigenvalue weighted by Gasteiger charge is 2.43. The van der Waals surface area contributed by atoms with Crippen LogP contribution in [0, 0.1) is 0 Å². The first-order chi connectivity index (χ1) is 31.8. The number of aromatic nitrogens is 2. The fourth-order valence-corrected chi connectivity index (χ4v) is 7.98. The molecule has 3 aromatic carbocycles. The lowest BCUT2D eigenvalue weighted by atomic mass is 10.1. The molecular weight excluding hydrogens is 857 g/mol. The number of ether oxygens (including phenoxy) is 6. The largest absolute Gasteiger partial charge is 0.508 e. The van der Waals surface area contributed by atoms with E-state index in [9.17, 15) is 28.8 Å². The minimum atomic E-state index is -0.775. The van der Waals surface area contributed by atoms with Gasteiger partial charge in [-0.2, -0.15) is 0 Å². The molecule has 0 radical (unpaired) electrons. The number of nitrogens with zero attached hydrogens (tertiary/aromatic N) is 4. The van der Waals surface area contributed by atoms with Crippen molar-refractivity contribution < 1.29 is 57.8 Å². The Morgan fingerprint density at radius 1 is 0.591 bits per heavy atom. The molecule has 18 heteroatoms. The fraction of sp³-hybridized carbons (Fsp3) is 0.333. The molecule has 2 saturated heterocycles. The zero-order chi connectivity index (χ0) is 47.1. The zero-order valence-corrected chi connectivity index (χ0v) is 36.8. The number of hydrogen-bond donors (Lipinski definition) is 2. The third-order valence-electron chi connectivity index (χ3n) is 11.4. The van der Waals surface area contributed by atoms with Gasteiger partial charge in [0, 0.05) is 24.5 Å². The highest BCUT2D eigenvalue weighted by molar-refractivity contribution is 5.99. The smallest absolute Gasteiger partial charge is 0.343 e. The number of hydrogen-bond acceptors (Lipinski definition) is 14. The maximum atomic E-state index is 13.3. The number of fused-ring (bicyclic) bond motifs is 4. The van der Waals surface area contributed by atoms with Crippen molar-refractivity contribution in [2.75, 3.05) is 27.4 Å². The number of esters is 2. The second kappa shape index (κ2) is 20.6. The van der Waals surface area contributed by atoms with E-state index in [2.05, 4.69) is 0 Å². The van der Waals surface area contributed by atoms with Crippen LogP contribution >= 0.6 is 0 Å². The molecule has 4 atom stereocenters. The molecule has 4 aliphatic rings. The summed E-state index contributed by atoms with van der Waals surface area (Å²) in [5.41, 5.74) is 0.274. The number of carbonyl (C=O) groups is 4. The summed E-state index contributed by atoms with van der Waals surface area (Å²) in [6.45, 7) is 5.80. The lowest BCUT2D eigenvalue weighted by Gasteiger charge is -2.44. The van der Waals surface area contributed by atoms with Crippen molar-refractivity contribution in [3.63, 3.8) is 0 Å². The molecule has 0 bridgehead atoms. The molecule has 18 nitrogen and oxygen atoms in total. The number of rotatable bonds is 8. The summed E-state index contributed by atoms with van der Waals surface area (Å²) in [4.78, 5) is 80.2. The number of benzene rings is 3. The Labute approximate surface area is 379 Å². The third kappa shape index (κ3) is 9.94. The van der Waals surface area contributed by atoms with E-state index in [1.54, 1.807) is 18.9 Å². The molecule has 346 valence electrons. The predicted octanol–water partition coefficient (Wildman–Crippen LogP) is 4.71. The number of amides is 2. The number of phenols is 2. The van der Waals surface area contributed by atoms with Gasteiger partial charge in [-0.1, -0.05) is 60.7 Å². The van der Waals surface area contributed by atoms with Gasteiger partial charge in [0.15, 0.2) is 35.3 Å². The molecule has 5 aromatic rings. The quantitative estimate of drug-likeness (QED) is 0.160. The van der Waals surface area contributed by atoms with Gasteiger partial charge in [-0.25, -0.2) is 9.59 Å². The van der Waals surface area contributed by atoms with Crippen LogP contribution in [0.25, 0.3) is 0 Å². The predicted molar refractivity (Wildman–Crippen MR) is 235 cm³/mol. The standard InChI is InChI=1S/2C21H22N2O6.C6H6O2/c2*1-13-8-9-28-16-11-22-10-15(21(26)27-2)18(24)19(17(22)20(25)23(13)16)29-12-14-6-4-3-5-7-14;7-5-1-2-6(8)4-3-5/h2*3-7,10,13,16H,8-9,11-12H2,1-2H3;1-4,7-8H/t2*13-,16+;/m11./s1. The van der Waals surface area contributed by atoms with Crippen LogP contribution in [0.4, 0.5) is 0 Å². The molecule has 2 amide bonds. The Bertz CT molecular complexity index is 2500. The van der Waals surface area contributed by atoms with Crippen LogP contribution in [0.3, 0.4) is 0 Å². The van der Waals surface area contributed by atoms with Crippen LogP contribution in [0.2, 0.25) is 0 Å². The highest BCUT2D eigenvalue weighted by Crippen LogP contribution is 2.32. The SMILES string of the molecule is COC(=O)c1cn2c(c(OCc3ccccc3)c1=O)C(=O)N1[C@H](C)CCO[C@H]1C2.COC(=O)c1cn2c(c(OCc3ccccc3)c1=O)C(=O)N1[C@H](C)CCO[C@H]1C2.Oc1ccc(O)cc1. The van der Waals surface area contributed by atoms with Gasteiger partial charge in [0.25, 0.3) is 11.8 Å². The summed E-state index contributed by atoms with van der Waals surface area (Å²) in [5.74, 6) is -2.18. The first kappa shape index (κ1) is 46.5. The van der Waals surface area contributed by atoms with E-state index in [1.807, 2.05) is 74.5 Å². The van der Waals surface area contributed by atoms with Crippen LogP contribution in [0.1, 0.15) is 79.5 Å². The molecule has 66 heavy (non-hydrogen) atoms. The van der Waals surface area contributed by atoms with Gasteiger partial charge in [-0.3, -0.25) is 19.2 Å². The molecule has 0 unspecified atom stereocenters. The van der Waals surface area contributed by atoms with Crippen LogP contribution in [-0.4, -0.2) is 105 Å². The van der Waals surface area contributed by atoms with Crippen LogP contribution in [0.15, 0.2) is 107 Å². The molecule has 2 aromatic heterocycles. The third-order valence-corrected chi connectivity index (χ3v) is 11.4. The fourth-order valence-electron chi connectivity index (χ4n) is 7.98. The summed E-state index contributed by atoms with van der Waals surface area (Å²) in [5, 5.41) is 17.3. The maximum Gasteiger partial charge on any atom is 0.343 e. The van der Waals surface area contributed by atoms with E-state index in [0.29, 0.717) is 39.1 Å². The van der Waals surface area contributed by atoms with Crippen molar-refractivity contribution in [1.29, 1.82) is 0 Å². The Balaban J connectivity index is 0.000000168. The highest BCUT2D eigenvalue weighted by atomic mass is 16.5. The molecule has 0 saturated carbocycles. The molecule has 0 aliphatic carbocycles. The van der Waals surface area contributed by atoms with E-state index < -0.39 is 35.3 Å². The van der Waals surface area contributed by atoms with Gasteiger partial charge in [0.2, 0.25) is 10.9 Å². The second-order valence-corrected chi connectivity index (χ2v) is 15.8. The molecule has 6 heterocycles. The van der Waals surface area contributed by atoms with Crippen molar-refractivity contribution >= 4 is 23.8 Å². The van der Waals surface area contributed by atoms with E-state index >= 15 is 0 Å². The molecule has 2 N–H and O–H groups in total. The first-order valence-corrected chi connectivity index (χ1v) is 21.2. The number of phenolic OH excluding ortho intramolecular Hbond substituents is 2.